The molecule has 3 heterocycles. The van der Waals surface area contributed by atoms with E-state index in [0.717, 1.165) is 17.7 Å². The van der Waals surface area contributed by atoms with E-state index in [2.05, 4.69) is 4.98 Å². The zero-order chi connectivity index (χ0) is 15.7. The molecule has 0 saturated carbocycles. The molecule has 0 aliphatic carbocycles. The van der Waals surface area contributed by atoms with Gasteiger partial charge in [-0.2, -0.15) is 11.3 Å². The van der Waals surface area contributed by atoms with Crippen molar-refractivity contribution in [1.82, 2.24) is 9.88 Å². The van der Waals surface area contributed by atoms with Crippen molar-refractivity contribution in [3.8, 4) is 11.3 Å². The van der Waals surface area contributed by atoms with Gasteiger partial charge in [0.1, 0.15) is 6.04 Å². The Morgan fingerprint density at radius 2 is 2.18 bits per heavy atom. The Hall–Kier alpha value is -2.21. The van der Waals surface area contributed by atoms with Crippen LogP contribution >= 0.6 is 11.3 Å². The van der Waals surface area contributed by atoms with Gasteiger partial charge in [0.05, 0.1) is 17.0 Å². The van der Waals surface area contributed by atoms with Crippen LogP contribution in [-0.4, -0.2) is 39.5 Å². The lowest BCUT2D eigenvalue weighted by Crippen LogP contribution is -2.40. The highest BCUT2D eigenvalue weighted by molar-refractivity contribution is 7.08. The Kier molecular flexibility index (Phi) is 3.94. The molecule has 3 rings (SSSR count). The summed E-state index contributed by atoms with van der Waals surface area (Å²) >= 11 is 1.59. The summed E-state index contributed by atoms with van der Waals surface area (Å²) in [6.07, 6.45) is 1.24. The van der Waals surface area contributed by atoms with E-state index in [1.54, 1.807) is 24.3 Å². The standard InChI is InChI=1S/C16H16N2O3S/c1-10-12(4-5-13(17-10)11-6-8-22-9-11)15(19)18-7-2-3-14(18)16(20)21/h4-6,8-9,14H,2-3,7H2,1H3,(H,20,21). The Balaban J connectivity index is 1.89. The van der Waals surface area contributed by atoms with Gasteiger partial charge >= 0.3 is 5.97 Å². The van der Waals surface area contributed by atoms with Crippen LogP contribution in [0, 0.1) is 6.92 Å². The maximum atomic E-state index is 12.6. The molecule has 6 heteroatoms. The predicted octanol–water partition coefficient (Wildman–Crippen LogP) is 2.81. The summed E-state index contributed by atoms with van der Waals surface area (Å²) in [6.45, 7) is 2.27. The highest BCUT2D eigenvalue weighted by atomic mass is 32.1. The number of rotatable bonds is 3. The molecule has 1 fully saturated rings. The van der Waals surface area contributed by atoms with Crippen molar-refractivity contribution in [3.05, 3.63) is 40.2 Å². The molecule has 1 amide bonds. The zero-order valence-electron chi connectivity index (χ0n) is 12.2. The number of likely N-dealkylation sites (tertiary alicyclic amines) is 1. The molecule has 0 aromatic carbocycles. The summed E-state index contributed by atoms with van der Waals surface area (Å²) in [5.41, 5.74) is 2.96. The smallest absolute Gasteiger partial charge is 0.326 e. The molecule has 1 unspecified atom stereocenters. The van der Waals surface area contributed by atoms with Crippen molar-refractivity contribution in [1.29, 1.82) is 0 Å². The van der Waals surface area contributed by atoms with Gasteiger partial charge in [-0.15, -0.1) is 0 Å². The molecule has 1 aliphatic heterocycles. The van der Waals surface area contributed by atoms with E-state index in [9.17, 15) is 14.7 Å². The Labute approximate surface area is 132 Å². The normalized spacial score (nSPS) is 17.7. The molecule has 0 radical (unpaired) electrons. The van der Waals surface area contributed by atoms with Crippen LogP contribution in [0.3, 0.4) is 0 Å². The topological polar surface area (TPSA) is 70.5 Å². The van der Waals surface area contributed by atoms with Gasteiger partial charge < -0.3 is 10.0 Å². The van der Waals surface area contributed by atoms with Crippen molar-refractivity contribution >= 4 is 23.2 Å². The van der Waals surface area contributed by atoms with Crippen LogP contribution in [0.5, 0.6) is 0 Å². The van der Waals surface area contributed by atoms with E-state index < -0.39 is 12.0 Å². The molecule has 114 valence electrons. The fraction of sp³-hybridized carbons (Fsp3) is 0.312. The number of carboxylic acids is 1. The van der Waals surface area contributed by atoms with Gasteiger partial charge in [0.15, 0.2) is 0 Å². The van der Waals surface area contributed by atoms with E-state index in [4.69, 9.17) is 0 Å². The van der Waals surface area contributed by atoms with Crippen molar-refractivity contribution in [2.75, 3.05) is 6.54 Å². The molecule has 0 spiro atoms. The lowest BCUT2D eigenvalue weighted by molar-refractivity contribution is -0.141. The summed E-state index contributed by atoms with van der Waals surface area (Å²) in [7, 11) is 0. The molecular formula is C16H16N2O3S. The number of hydrogen-bond donors (Lipinski definition) is 1. The number of aryl methyl sites for hydroxylation is 1. The maximum Gasteiger partial charge on any atom is 0.326 e. The molecule has 2 aromatic heterocycles. The number of pyridine rings is 1. The predicted molar refractivity (Wildman–Crippen MR) is 84.0 cm³/mol. The first-order chi connectivity index (χ1) is 10.6. The van der Waals surface area contributed by atoms with Gasteiger partial charge in [0, 0.05) is 17.5 Å². The number of nitrogens with zero attached hydrogens (tertiary/aromatic N) is 2. The molecular weight excluding hydrogens is 300 g/mol. The van der Waals surface area contributed by atoms with Crippen LogP contribution in [0.1, 0.15) is 28.9 Å². The SMILES string of the molecule is Cc1nc(-c2ccsc2)ccc1C(=O)N1CCCC1C(=O)O. The Morgan fingerprint density at radius 1 is 1.36 bits per heavy atom. The number of thiophene rings is 1. The number of amides is 1. The second-order valence-corrected chi connectivity index (χ2v) is 6.12. The number of carbonyl (C=O) groups excluding carboxylic acids is 1. The fourth-order valence-corrected chi connectivity index (χ4v) is 3.43. The quantitative estimate of drug-likeness (QED) is 0.945. The third-order valence-electron chi connectivity index (χ3n) is 3.93. The molecule has 5 nitrogen and oxygen atoms in total. The Bertz CT molecular complexity index is 712. The highest BCUT2D eigenvalue weighted by Gasteiger charge is 2.35. The minimum atomic E-state index is -0.939. The Morgan fingerprint density at radius 3 is 2.82 bits per heavy atom. The zero-order valence-corrected chi connectivity index (χ0v) is 13.0. The fourth-order valence-electron chi connectivity index (χ4n) is 2.78. The molecule has 2 aromatic rings. The molecule has 1 saturated heterocycles. The van der Waals surface area contributed by atoms with Gasteiger partial charge in [-0.3, -0.25) is 9.78 Å². The molecule has 22 heavy (non-hydrogen) atoms. The number of hydrogen-bond acceptors (Lipinski definition) is 4. The van der Waals surface area contributed by atoms with E-state index in [-0.39, 0.29) is 5.91 Å². The third-order valence-corrected chi connectivity index (χ3v) is 4.62. The van der Waals surface area contributed by atoms with E-state index in [1.165, 1.54) is 4.90 Å². The first kappa shape index (κ1) is 14.7. The first-order valence-corrected chi connectivity index (χ1v) is 8.06. The lowest BCUT2D eigenvalue weighted by atomic mass is 10.1. The van der Waals surface area contributed by atoms with E-state index in [0.29, 0.717) is 24.2 Å². The number of carboxylic acid groups (broad SMARTS) is 1. The monoisotopic (exact) mass is 316 g/mol. The maximum absolute atomic E-state index is 12.6. The summed E-state index contributed by atoms with van der Waals surface area (Å²) in [5, 5.41) is 13.2. The molecule has 1 aliphatic rings. The van der Waals surface area contributed by atoms with Gasteiger partial charge in [-0.05, 0) is 43.3 Å². The number of aliphatic carboxylic acids is 1. The van der Waals surface area contributed by atoms with Gasteiger partial charge in [0.25, 0.3) is 5.91 Å². The minimum absolute atomic E-state index is 0.244. The summed E-state index contributed by atoms with van der Waals surface area (Å²) in [6, 6.07) is 4.82. The van der Waals surface area contributed by atoms with Crippen LogP contribution in [0.2, 0.25) is 0 Å². The molecule has 0 bridgehead atoms. The second kappa shape index (κ2) is 5.88. The average molecular weight is 316 g/mol. The molecule has 1 N–H and O–H groups in total. The first-order valence-electron chi connectivity index (χ1n) is 7.12. The van der Waals surface area contributed by atoms with Crippen LogP contribution in [0.15, 0.2) is 29.0 Å². The van der Waals surface area contributed by atoms with Gasteiger partial charge in [0.2, 0.25) is 0 Å². The summed E-state index contributed by atoms with van der Waals surface area (Å²) < 4.78 is 0. The van der Waals surface area contributed by atoms with Crippen LogP contribution < -0.4 is 0 Å². The number of carbonyl (C=O) groups is 2. The molecule has 1 atom stereocenters. The van der Waals surface area contributed by atoms with Crippen molar-refractivity contribution in [3.63, 3.8) is 0 Å². The summed E-state index contributed by atoms with van der Waals surface area (Å²) in [4.78, 5) is 29.8. The van der Waals surface area contributed by atoms with Crippen molar-refractivity contribution in [2.24, 2.45) is 0 Å². The van der Waals surface area contributed by atoms with E-state index >= 15 is 0 Å². The average Bonchev–Trinajstić information content (AvgIpc) is 3.17. The highest BCUT2D eigenvalue weighted by Crippen LogP contribution is 2.24. The summed E-state index contributed by atoms with van der Waals surface area (Å²) in [5.74, 6) is -1.18. The van der Waals surface area contributed by atoms with Crippen LogP contribution in [0.25, 0.3) is 11.3 Å². The van der Waals surface area contributed by atoms with Gasteiger partial charge in [-0.1, -0.05) is 0 Å². The second-order valence-electron chi connectivity index (χ2n) is 5.34. The van der Waals surface area contributed by atoms with Gasteiger partial charge in [-0.25, -0.2) is 4.79 Å². The van der Waals surface area contributed by atoms with Crippen molar-refractivity contribution in [2.45, 2.75) is 25.8 Å². The van der Waals surface area contributed by atoms with E-state index in [1.807, 2.05) is 22.9 Å². The third kappa shape index (κ3) is 2.62. The number of aromatic nitrogens is 1. The van der Waals surface area contributed by atoms with Crippen LogP contribution in [0.4, 0.5) is 0 Å². The van der Waals surface area contributed by atoms with Crippen LogP contribution in [-0.2, 0) is 4.79 Å². The lowest BCUT2D eigenvalue weighted by Gasteiger charge is -2.22. The largest absolute Gasteiger partial charge is 0.480 e. The minimum Gasteiger partial charge on any atom is -0.480 e. The van der Waals surface area contributed by atoms with Crippen molar-refractivity contribution < 1.29 is 14.7 Å².